The van der Waals surface area contributed by atoms with Crippen molar-refractivity contribution in [2.45, 2.75) is 0 Å². The fourth-order valence-electron chi connectivity index (χ4n) is 1.37. The summed E-state index contributed by atoms with van der Waals surface area (Å²) in [5, 5.41) is 2.39. The molecule has 6 heteroatoms. The van der Waals surface area contributed by atoms with Crippen LogP contribution < -0.4 is 11.1 Å². The lowest BCUT2D eigenvalue weighted by Gasteiger charge is -2.06. The van der Waals surface area contributed by atoms with Gasteiger partial charge in [0.05, 0.1) is 17.4 Å². The lowest BCUT2D eigenvalue weighted by Crippen LogP contribution is -2.14. The van der Waals surface area contributed by atoms with Gasteiger partial charge in [-0.3, -0.25) is 4.79 Å². The van der Waals surface area contributed by atoms with E-state index < -0.39 is 17.7 Å². The van der Waals surface area contributed by atoms with Crippen LogP contribution in [0.15, 0.2) is 36.5 Å². The van der Waals surface area contributed by atoms with Crippen molar-refractivity contribution in [1.82, 2.24) is 4.98 Å². The van der Waals surface area contributed by atoms with Crippen molar-refractivity contribution in [1.29, 1.82) is 0 Å². The Balaban J connectivity index is 2.21. The molecule has 2 rings (SSSR count). The number of nitrogen functional groups attached to an aromatic ring is 1. The van der Waals surface area contributed by atoms with Gasteiger partial charge < -0.3 is 11.1 Å². The van der Waals surface area contributed by atoms with Crippen molar-refractivity contribution in [3.63, 3.8) is 0 Å². The summed E-state index contributed by atoms with van der Waals surface area (Å²) in [5.74, 6) is -2.02. The number of nitrogens with zero attached hydrogens (tertiary/aromatic N) is 1. The zero-order valence-corrected chi connectivity index (χ0v) is 9.15. The zero-order valence-electron chi connectivity index (χ0n) is 9.15. The van der Waals surface area contributed by atoms with Crippen molar-refractivity contribution < 1.29 is 13.6 Å². The molecule has 0 saturated carbocycles. The van der Waals surface area contributed by atoms with Gasteiger partial charge in [0.1, 0.15) is 5.82 Å². The highest BCUT2D eigenvalue weighted by Gasteiger charge is 2.12. The first-order chi connectivity index (χ1) is 8.56. The average molecular weight is 249 g/mol. The van der Waals surface area contributed by atoms with Gasteiger partial charge in [0.15, 0.2) is 0 Å². The third kappa shape index (κ3) is 2.60. The fraction of sp³-hybridized carbons (Fsp3) is 0. The third-order valence-electron chi connectivity index (χ3n) is 2.22. The minimum absolute atomic E-state index is 0.181. The van der Waals surface area contributed by atoms with E-state index in [1.54, 1.807) is 0 Å². The van der Waals surface area contributed by atoms with Crippen LogP contribution in [0.3, 0.4) is 0 Å². The van der Waals surface area contributed by atoms with Crippen LogP contribution in [-0.2, 0) is 0 Å². The molecule has 0 aliphatic heterocycles. The highest BCUT2D eigenvalue weighted by Crippen LogP contribution is 2.14. The van der Waals surface area contributed by atoms with Crippen LogP contribution in [0, 0.1) is 11.8 Å². The molecule has 4 nitrogen and oxygen atoms in total. The normalized spacial score (nSPS) is 10.1. The van der Waals surface area contributed by atoms with Gasteiger partial charge in [-0.2, -0.15) is 4.39 Å². The van der Waals surface area contributed by atoms with Crippen LogP contribution in [0.4, 0.5) is 20.2 Å². The number of hydrogen-bond donors (Lipinski definition) is 2. The van der Waals surface area contributed by atoms with Crippen molar-refractivity contribution in [2.24, 2.45) is 0 Å². The largest absolute Gasteiger partial charge is 0.399 e. The lowest BCUT2D eigenvalue weighted by molar-refractivity contribution is 0.102. The first-order valence-corrected chi connectivity index (χ1v) is 5.04. The minimum Gasteiger partial charge on any atom is -0.399 e. The van der Waals surface area contributed by atoms with E-state index in [1.807, 2.05) is 0 Å². The smallest absolute Gasteiger partial charge is 0.258 e. The van der Waals surface area contributed by atoms with Crippen LogP contribution in [0.25, 0.3) is 0 Å². The molecule has 1 heterocycles. The number of benzene rings is 1. The van der Waals surface area contributed by atoms with E-state index >= 15 is 0 Å². The second kappa shape index (κ2) is 4.79. The van der Waals surface area contributed by atoms with E-state index in [0.717, 1.165) is 18.3 Å². The molecule has 1 amide bonds. The summed E-state index contributed by atoms with van der Waals surface area (Å²) in [6.45, 7) is 0. The molecule has 0 fully saturated rings. The number of pyridine rings is 1. The fourth-order valence-corrected chi connectivity index (χ4v) is 1.37. The van der Waals surface area contributed by atoms with Gasteiger partial charge in [0.25, 0.3) is 5.91 Å². The quantitative estimate of drug-likeness (QED) is 0.633. The maximum Gasteiger partial charge on any atom is 0.258 e. The molecule has 2 aromatic rings. The SMILES string of the molecule is Nc1ccc(F)c(C(=O)Nc2ccc(F)nc2)c1. The van der Waals surface area contributed by atoms with Gasteiger partial charge >= 0.3 is 0 Å². The van der Waals surface area contributed by atoms with Crippen LogP contribution in [-0.4, -0.2) is 10.9 Å². The predicted molar refractivity (Wildman–Crippen MR) is 63.0 cm³/mol. The van der Waals surface area contributed by atoms with Gasteiger partial charge in [-0.1, -0.05) is 0 Å². The Kier molecular flexibility index (Phi) is 3.18. The Labute approximate surface area is 101 Å². The summed E-state index contributed by atoms with van der Waals surface area (Å²) in [7, 11) is 0. The number of anilines is 2. The molecule has 0 radical (unpaired) electrons. The molecule has 92 valence electrons. The molecule has 0 saturated heterocycles. The molecular formula is C12H9F2N3O. The Morgan fingerprint density at radius 2 is 2.00 bits per heavy atom. The second-order valence-electron chi connectivity index (χ2n) is 3.56. The molecule has 0 spiro atoms. The highest BCUT2D eigenvalue weighted by atomic mass is 19.1. The summed E-state index contributed by atoms with van der Waals surface area (Å²) in [5.41, 5.74) is 5.83. The Hall–Kier alpha value is -2.50. The van der Waals surface area contributed by atoms with Crippen molar-refractivity contribution >= 4 is 17.3 Å². The number of rotatable bonds is 2. The van der Waals surface area contributed by atoms with E-state index in [-0.39, 0.29) is 16.9 Å². The van der Waals surface area contributed by atoms with E-state index in [0.29, 0.717) is 0 Å². The van der Waals surface area contributed by atoms with Crippen molar-refractivity contribution in [3.8, 4) is 0 Å². The number of carbonyl (C=O) groups excluding carboxylic acids is 1. The number of amides is 1. The Bertz CT molecular complexity index is 584. The Morgan fingerprint density at radius 1 is 1.22 bits per heavy atom. The van der Waals surface area contributed by atoms with Gasteiger partial charge in [0, 0.05) is 5.69 Å². The first-order valence-electron chi connectivity index (χ1n) is 5.04. The number of halogens is 2. The second-order valence-corrected chi connectivity index (χ2v) is 3.56. The molecule has 0 aliphatic rings. The van der Waals surface area contributed by atoms with Gasteiger partial charge in [0.2, 0.25) is 5.95 Å². The summed E-state index contributed by atoms with van der Waals surface area (Å²) >= 11 is 0. The van der Waals surface area contributed by atoms with Crippen molar-refractivity contribution in [3.05, 3.63) is 53.9 Å². The van der Waals surface area contributed by atoms with E-state index in [2.05, 4.69) is 10.3 Å². The molecule has 0 bridgehead atoms. The van der Waals surface area contributed by atoms with E-state index in [4.69, 9.17) is 5.73 Å². The zero-order chi connectivity index (χ0) is 13.1. The minimum atomic E-state index is -0.684. The molecule has 0 unspecified atom stereocenters. The van der Waals surface area contributed by atoms with Gasteiger partial charge in [-0.15, -0.1) is 0 Å². The molecule has 3 N–H and O–H groups in total. The maximum absolute atomic E-state index is 13.4. The molecule has 0 aliphatic carbocycles. The first kappa shape index (κ1) is 12.0. The number of aromatic nitrogens is 1. The Morgan fingerprint density at radius 3 is 2.67 bits per heavy atom. The molecule has 1 aromatic carbocycles. The standard InChI is InChI=1S/C12H9F2N3O/c13-10-3-1-7(15)5-9(10)12(18)17-8-2-4-11(14)16-6-8/h1-6H,15H2,(H,17,18). The van der Waals surface area contributed by atoms with Crippen LogP contribution in [0.2, 0.25) is 0 Å². The molecule has 18 heavy (non-hydrogen) atoms. The van der Waals surface area contributed by atoms with Gasteiger partial charge in [-0.05, 0) is 30.3 Å². The molecule has 1 aromatic heterocycles. The topological polar surface area (TPSA) is 68.0 Å². The highest BCUT2D eigenvalue weighted by molar-refractivity contribution is 6.04. The van der Waals surface area contributed by atoms with Crippen LogP contribution in [0.1, 0.15) is 10.4 Å². The van der Waals surface area contributed by atoms with Crippen molar-refractivity contribution in [2.75, 3.05) is 11.1 Å². The van der Waals surface area contributed by atoms with Crippen LogP contribution >= 0.6 is 0 Å². The molecular weight excluding hydrogens is 240 g/mol. The third-order valence-corrected chi connectivity index (χ3v) is 2.22. The summed E-state index contributed by atoms with van der Waals surface area (Å²) in [6.07, 6.45) is 1.14. The lowest BCUT2D eigenvalue weighted by atomic mass is 10.1. The van der Waals surface area contributed by atoms with E-state index in [1.165, 1.54) is 18.2 Å². The predicted octanol–water partition coefficient (Wildman–Crippen LogP) is 2.19. The monoisotopic (exact) mass is 249 g/mol. The van der Waals surface area contributed by atoms with E-state index in [9.17, 15) is 13.6 Å². The average Bonchev–Trinajstić information content (AvgIpc) is 2.35. The van der Waals surface area contributed by atoms with Gasteiger partial charge in [-0.25, -0.2) is 9.37 Å². The van der Waals surface area contributed by atoms with Crippen LogP contribution in [0.5, 0.6) is 0 Å². The molecule has 0 atom stereocenters. The number of nitrogens with one attached hydrogen (secondary N) is 1. The summed E-state index contributed by atoms with van der Waals surface area (Å²) in [4.78, 5) is 15.1. The number of carbonyl (C=O) groups is 1. The summed E-state index contributed by atoms with van der Waals surface area (Å²) < 4.78 is 26.0. The summed E-state index contributed by atoms with van der Waals surface area (Å²) in [6, 6.07) is 6.09. The maximum atomic E-state index is 13.4. The number of nitrogens with two attached hydrogens (primary N) is 1. The number of hydrogen-bond acceptors (Lipinski definition) is 3.